The van der Waals surface area contributed by atoms with Crippen LogP contribution in [0.15, 0.2) is 200 Å². The zero-order valence-electron chi connectivity index (χ0n) is 29.4. The second-order valence-electron chi connectivity index (χ2n) is 13.7. The first-order valence-electron chi connectivity index (χ1n) is 18.3. The van der Waals surface area contributed by atoms with Gasteiger partial charge in [0.2, 0.25) is 0 Å². The predicted octanol–water partition coefficient (Wildman–Crippen LogP) is 13.3. The molecule has 0 saturated carbocycles. The number of benzene rings is 9. The average molecular weight is 688 g/mol. The van der Waals surface area contributed by atoms with Gasteiger partial charge in [0.1, 0.15) is 0 Å². The summed E-state index contributed by atoms with van der Waals surface area (Å²) in [7, 11) is 0. The van der Waals surface area contributed by atoms with Crippen LogP contribution in [0.3, 0.4) is 0 Å². The molecule has 0 N–H and O–H groups in total. The third-order valence-corrected chi connectivity index (χ3v) is 10.3. The Morgan fingerprint density at radius 2 is 0.667 bits per heavy atom. The molecule has 0 aliphatic rings. The van der Waals surface area contributed by atoms with Crippen LogP contribution in [-0.2, 0) is 0 Å². The van der Waals surface area contributed by atoms with Crippen molar-refractivity contribution in [2.24, 2.45) is 0 Å². The van der Waals surface area contributed by atoms with Crippen LogP contribution in [0.4, 0.5) is 0 Å². The largest absolute Gasteiger partial charge is 0.208 e. The molecule has 10 aromatic rings. The molecular formula is C51H33N3. The topological polar surface area (TPSA) is 38.7 Å². The van der Waals surface area contributed by atoms with Gasteiger partial charge in [-0.1, -0.05) is 182 Å². The molecule has 10 rings (SSSR count). The van der Waals surface area contributed by atoms with Crippen molar-refractivity contribution in [3.8, 4) is 67.5 Å². The Balaban J connectivity index is 1.05. The van der Waals surface area contributed by atoms with Crippen molar-refractivity contribution < 1.29 is 0 Å². The Morgan fingerprint density at radius 1 is 0.222 bits per heavy atom. The van der Waals surface area contributed by atoms with E-state index in [1.807, 2.05) is 6.07 Å². The fourth-order valence-electron chi connectivity index (χ4n) is 7.53. The van der Waals surface area contributed by atoms with Gasteiger partial charge in [-0.05, 0) is 83.9 Å². The highest BCUT2D eigenvalue weighted by molar-refractivity contribution is 6.00. The predicted molar refractivity (Wildman–Crippen MR) is 225 cm³/mol. The molecule has 0 fully saturated rings. The minimum Gasteiger partial charge on any atom is -0.208 e. The molecule has 1 heterocycles. The van der Waals surface area contributed by atoms with Crippen molar-refractivity contribution in [1.82, 2.24) is 15.0 Å². The molecule has 0 atom stereocenters. The van der Waals surface area contributed by atoms with Gasteiger partial charge in [-0.25, -0.2) is 15.0 Å². The van der Waals surface area contributed by atoms with Gasteiger partial charge < -0.3 is 0 Å². The van der Waals surface area contributed by atoms with Gasteiger partial charge >= 0.3 is 0 Å². The second kappa shape index (κ2) is 13.4. The highest BCUT2D eigenvalue weighted by Gasteiger charge is 2.15. The lowest BCUT2D eigenvalue weighted by Gasteiger charge is -2.12. The highest BCUT2D eigenvalue weighted by Crippen LogP contribution is 2.35. The Bertz CT molecular complexity index is 2970. The Labute approximate surface area is 313 Å². The smallest absolute Gasteiger partial charge is 0.164 e. The van der Waals surface area contributed by atoms with Gasteiger partial charge in [-0.3, -0.25) is 0 Å². The van der Waals surface area contributed by atoms with Gasteiger partial charge in [0.05, 0.1) is 0 Å². The second-order valence-corrected chi connectivity index (χ2v) is 13.7. The maximum absolute atomic E-state index is 5.14. The third kappa shape index (κ3) is 5.88. The molecule has 9 aromatic carbocycles. The van der Waals surface area contributed by atoms with Crippen molar-refractivity contribution in [3.05, 3.63) is 200 Å². The van der Waals surface area contributed by atoms with E-state index in [9.17, 15) is 0 Å². The molecule has 0 bridgehead atoms. The first kappa shape index (κ1) is 31.5. The standard InChI is InChI=1S/C51H33N3/c1-2-11-34(12-3-1)35-23-25-38(26-24-35)49-52-50(54-51(53-49)48-22-10-16-37-14-5-7-20-46(37)48)44-18-8-17-39(33-44)40-27-28-42-32-43(30-29-41(42)31-40)47-21-9-15-36-13-4-6-19-45(36)47/h1-33H. The minimum absolute atomic E-state index is 0.637. The lowest BCUT2D eigenvalue weighted by atomic mass is 9.94. The molecule has 0 aliphatic carbocycles. The van der Waals surface area contributed by atoms with Crippen LogP contribution in [0, 0.1) is 0 Å². The van der Waals surface area contributed by atoms with E-state index in [1.165, 1.54) is 38.2 Å². The molecule has 252 valence electrons. The van der Waals surface area contributed by atoms with Gasteiger partial charge in [-0.2, -0.15) is 0 Å². The van der Waals surface area contributed by atoms with E-state index in [-0.39, 0.29) is 0 Å². The summed E-state index contributed by atoms with van der Waals surface area (Å²) in [5.41, 5.74) is 9.89. The Hall–Kier alpha value is -7.23. The van der Waals surface area contributed by atoms with Crippen molar-refractivity contribution in [3.63, 3.8) is 0 Å². The van der Waals surface area contributed by atoms with E-state index >= 15 is 0 Å². The summed E-state index contributed by atoms with van der Waals surface area (Å²) in [5, 5.41) is 7.18. The van der Waals surface area contributed by atoms with E-state index in [0.717, 1.165) is 44.2 Å². The SMILES string of the molecule is c1ccc(-c2ccc(-c3nc(-c4cccc(-c5ccc6cc(-c7cccc8ccccc78)ccc6c5)c4)nc(-c4cccc5ccccc45)n3)cc2)cc1. The molecule has 3 nitrogen and oxygen atoms in total. The average Bonchev–Trinajstić information content (AvgIpc) is 3.26. The first-order chi connectivity index (χ1) is 26.7. The summed E-state index contributed by atoms with van der Waals surface area (Å²) in [4.78, 5) is 15.3. The quantitative estimate of drug-likeness (QED) is 0.175. The lowest BCUT2D eigenvalue weighted by Crippen LogP contribution is -2.00. The zero-order valence-corrected chi connectivity index (χ0v) is 29.4. The van der Waals surface area contributed by atoms with Gasteiger partial charge in [-0.15, -0.1) is 0 Å². The summed E-state index contributed by atoms with van der Waals surface area (Å²) in [6, 6.07) is 70.7. The minimum atomic E-state index is 0.637. The molecule has 0 spiro atoms. The molecule has 0 radical (unpaired) electrons. The van der Waals surface area contributed by atoms with E-state index in [2.05, 4.69) is 194 Å². The maximum Gasteiger partial charge on any atom is 0.164 e. The van der Waals surface area contributed by atoms with E-state index in [4.69, 9.17) is 15.0 Å². The van der Waals surface area contributed by atoms with Crippen LogP contribution >= 0.6 is 0 Å². The molecular weight excluding hydrogens is 655 g/mol. The van der Waals surface area contributed by atoms with Crippen LogP contribution in [-0.4, -0.2) is 15.0 Å². The summed E-state index contributed by atoms with van der Waals surface area (Å²) in [6.07, 6.45) is 0. The van der Waals surface area contributed by atoms with E-state index in [0.29, 0.717) is 17.5 Å². The molecule has 0 aliphatic heterocycles. The number of rotatable bonds is 6. The van der Waals surface area contributed by atoms with E-state index < -0.39 is 0 Å². The fraction of sp³-hybridized carbons (Fsp3) is 0. The maximum atomic E-state index is 5.14. The van der Waals surface area contributed by atoms with Crippen molar-refractivity contribution in [1.29, 1.82) is 0 Å². The zero-order chi connectivity index (χ0) is 35.8. The lowest BCUT2D eigenvalue weighted by molar-refractivity contribution is 1.08. The van der Waals surface area contributed by atoms with Crippen LogP contribution in [0.25, 0.3) is 99.9 Å². The van der Waals surface area contributed by atoms with Crippen LogP contribution in [0.1, 0.15) is 0 Å². The monoisotopic (exact) mass is 687 g/mol. The summed E-state index contributed by atoms with van der Waals surface area (Å²) < 4.78 is 0. The van der Waals surface area contributed by atoms with Crippen LogP contribution in [0.5, 0.6) is 0 Å². The molecule has 1 aromatic heterocycles. The van der Waals surface area contributed by atoms with Gasteiger partial charge in [0.15, 0.2) is 17.5 Å². The van der Waals surface area contributed by atoms with Crippen molar-refractivity contribution in [2.45, 2.75) is 0 Å². The van der Waals surface area contributed by atoms with Crippen molar-refractivity contribution >= 4 is 32.3 Å². The van der Waals surface area contributed by atoms with E-state index in [1.54, 1.807) is 0 Å². The third-order valence-electron chi connectivity index (χ3n) is 10.3. The summed E-state index contributed by atoms with van der Waals surface area (Å²) in [6.45, 7) is 0. The van der Waals surface area contributed by atoms with Crippen molar-refractivity contribution in [2.75, 3.05) is 0 Å². The Morgan fingerprint density at radius 3 is 1.41 bits per heavy atom. The highest BCUT2D eigenvalue weighted by atomic mass is 15.0. The number of nitrogens with zero attached hydrogens (tertiary/aromatic N) is 3. The van der Waals surface area contributed by atoms with Gasteiger partial charge in [0, 0.05) is 16.7 Å². The fourth-order valence-corrected chi connectivity index (χ4v) is 7.53. The van der Waals surface area contributed by atoms with Gasteiger partial charge in [0.25, 0.3) is 0 Å². The normalized spacial score (nSPS) is 11.3. The first-order valence-corrected chi connectivity index (χ1v) is 18.3. The molecule has 0 amide bonds. The van der Waals surface area contributed by atoms with Crippen LogP contribution in [0.2, 0.25) is 0 Å². The number of hydrogen-bond donors (Lipinski definition) is 0. The molecule has 0 unspecified atom stereocenters. The molecule has 3 heteroatoms. The number of fused-ring (bicyclic) bond motifs is 3. The summed E-state index contributed by atoms with van der Waals surface area (Å²) in [5.74, 6) is 1.93. The van der Waals surface area contributed by atoms with Crippen LogP contribution < -0.4 is 0 Å². The number of aromatic nitrogens is 3. The molecule has 0 saturated heterocycles. The number of hydrogen-bond acceptors (Lipinski definition) is 3. The summed E-state index contributed by atoms with van der Waals surface area (Å²) >= 11 is 0. The Kier molecular flexibility index (Phi) is 7.81. The molecule has 54 heavy (non-hydrogen) atoms.